The summed E-state index contributed by atoms with van der Waals surface area (Å²) in [6.07, 6.45) is 5.17. The fraction of sp³-hybridized carbons (Fsp3) is 0.143. The van der Waals surface area contributed by atoms with Crippen molar-refractivity contribution >= 4 is 29.3 Å². The van der Waals surface area contributed by atoms with Gasteiger partial charge >= 0.3 is 0 Å². The summed E-state index contributed by atoms with van der Waals surface area (Å²) in [6.45, 7) is 0. The molecule has 5 heteroatoms. The Bertz CT molecular complexity index is 692. The molecule has 2 heterocycles. The molecule has 3 rings (SSSR count). The molecule has 0 amide bonds. The van der Waals surface area contributed by atoms with E-state index in [0.717, 1.165) is 16.8 Å². The zero-order valence-electron chi connectivity index (χ0n) is 10.7. The van der Waals surface area contributed by atoms with Crippen molar-refractivity contribution in [3.8, 4) is 0 Å². The van der Waals surface area contributed by atoms with Crippen LogP contribution in [0.4, 0.5) is 6.01 Å². The fourth-order valence-electron chi connectivity index (χ4n) is 1.68. The lowest BCUT2D eigenvalue weighted by atomic mass is 10.3. The fourth-order valence-corrected chi connectivity index (χ4v) is 1.68. The predicted molar refractivity (Wildman–Crippen MR) is 73.8 cm³/mol. The van der Waals surface area contributed by atoms with Gasteiger partial charge in [0.25, 0.3) is 6.01 Å². The summed E-state index contributed by atoms with van der Waals surface area (Å²) < 4.78 is 10.9. The van der Waals surface area contributed by atoms with Gasteiger partial charge in [-0.2, -0.15) is 4.98 Å². The molecule has 0 spiro atoms. The second-order valence-corrected chi connectivity index (χ2v) is 4.30. The Morgan fingerprint density at radius 2 is 1.95 bits per heavy atom. The maximum absolute atomic E-state index is 5.58. The minimum Gasteiger partial charge on any atom is -0.437 e. The van der Waals surface area contributed by atoms with E-state index in [1.54, 1.807) is 23.3 Å². The first-order chi connectivity index (χ1) is 9.22. The van der Waals surface area contributed by atoms with E-state index in [0.29, 0.717) is 11.9 Å². The molecule has 0 aliphatic carbocycles. The van der Waals surface area contributed by atoms with Crippen LogP contribution >= 0.6 is 0 Å². The van der Waals surface area contributed by atoms with Crippen LogP contribution in [0.2, 0.25) is 0 Å². The van der Waals surface area contributed by atoms with Gasteiger partial charge in [-0.1, -0.05) is 12.1 Å². The Labute approximate surface area is 110 Å². The molecule has 5 nitrogen and oxygen atoms in total. The zero-order chi connectivity index (χ0) is 13.2. The minimum atomic E-state index is 0.551. The molecule has 0 saturated carbocycles. The van der Waals surface area contributed by atoms with Crippen LogP contribution in [0.25, 0.3) is 23.3 Å². The van der Waals surface area contributed by atoms with Crippen molar-refractivity contribution < 1.29 is 8.83 Å². The monoisotopic (exact) mass is 255 g/mol. The molecule has 0 aliphatic rings. The molecule has 0 bridgehead atoms. The van der Waals surface area contributed by atoms with E-state index >= 15 is 0 Å². The van der Waals surface area contributed by atoms with E-state index in [9.17, 15) is 0 Å². The van der Waals surface area contributed by atoms with Crippen molar-refractivity contribution in [1.29, 1.82) is 0 Å². The molecule has 0 aliphatic heterocycles. The topological polar surface area (TPSA) is 55.3 Å². The van der Waals surface area contributed by atoms with Crippen LogP contribution in [-0.4, -0.2) is 24.1 Å². The summed E-state index contributed by atoms with van der Waals surface area (Å²) in [5.74, 6) is 0.551. The van der Waals surface area contributed by atoms with Gasteiger partial charge in [-0.05, 0) is 18.2 Å². The normalized spacial score (nSPS) is 11.5. The van der Waals surface area contributed by atoms with Gasteiger partial charge in [0, 0.05) is 20.2 Å². The van der Waals surface area contributed by atoms with Crippen molar-refractivity contribution in [2.75, 3.05) is 19.0 Å². The average molecular weight is 255 g/mol. The van der Waals surface area contributed by atoms with Crippen LogP contribution in [0.15, 0.2) is 39.4 Å². The molecular weight excluding hydrogens is 242 g/mol. The molecule has 1 aromatic carbocycles. The van der Waals surface area contributed by atoms with Crippen molar-refractivity contribution in [3.63, 3.8) is 0 Å². The van der Waals surface area contributed by atoms with Gasteiger partial charge in [-0.25, -0.2) is 4.98 Å². The zero-order valence-corrected chi connectivity index (χ0v) is 10.7. The SMILES string of the molecule is CN(C)c1nc(C=Cc2nc3ccccc3o2)co1. The van der Waals surface area contributed by atoms with Gasteiger partial charge in [-0.15, -0.1) is 0 Å². The highest BCUT2D eigenvalue weighted by molar-refractivity contribution is 5.75. The summed E-state index contributed by atoms with van der Waals surface area (Å²) in [5, 5.41) is 0. The number of benzene rings is 1. The van der Waals surface area contributed by atoms with Gasteiger partial charge in [0.15, 0.2) is 5.58 Å². The Morgan fingerprint density at radius 3 is 2.68 bits per heavy atom. The third-order valence-corrected chi connectivity index (χ3v) is 2.60. The number of aromatic nitrogens is 2. The van der Waals surface area contributed by atoms with Crippen molar-refractivity contribution in [2.24, 2.45) is 0 Å². The molecule has 0 N–H and O–H groups in total. The largest absolute Gasteiger partial charge is 0.437 e. The van der Waals surface area contributed by atoms with Crippen LogP contribution in [-0.2, 0) is 0 Å². The van der Waals surface area contributed by atoms with E-state index in [2.05, 4.69) is 9.97 Å². The second-order valence-electron chi connectivity index (χ2n) is 4.30. The molecular formula is C14H13N3O2. The molecule has 0 saturated heterocycles. The van der Waals surface area contributed by atoms with Crippen molar-refractivity contribution in [3.05, 3.63) is 42.1 Å². The highest BCUT2D eigenvalue weighted by Crippen LogP contribution is 2.17. The van der Waals surface area contributed by atoms with Crippen LogP contribution in [0, 0.1) is 0 Å². The number of anilines is 1. The summed E-state index contributed by atoms with van der Waals surface area (Å²) in [5.41, 5.74) is 2.35. The maximum atomic E-state index is 5.58. The van der Waals surface area contributed by atoms with E-state index in [1.807, 2.05) is 38.4 Å². The van der Waals surface area contributed by atoms with Gasteiger partial charge in [0.2, 0.25) is 5.89 Å². The molecule has 96 valence electrons. The standard InChI is InChI=1S/C14H13N3O2/c1-17(2)14-15-10(9-18-14)7-8-13-16-11-5-3-4-6-12(11)19-13/h3-9H,1-2H3. The van der Waals surface area contributed by atoms with E-state index in [1.165, 1.54) is 0 Å². The molecule has 2 aromatic heterocycles. The molecule has 0 radical (unpaired) electrons. The first-order valence-corrected chi connectivity index (χ1v) is 5.89. The number of hydrogen-bond donors (Lipinski definition) is 0. The number of para-hydroxylation sites is 2. The molecule has 3 aromatic rings. The first kappa shape index (κ1) is 11.5. The molecule has 0 atom stereocenters. The van der Waals surface area contributed by atoms with Crippen LogP contribution in [0.1, 0.15) is 11.6 Å². The Kier molecular flexibility index (Phi) is 2.79. The van der Waals surface area contributed by atoms with Crippen LogP contribution < -0.4 is 4.90 Å². The van der Waals surface area contributed by atoms with Crippen molar-refractivity contribution in [1.82, 2.24) is 9.97 Å². The Morgan fingerprint density at radius 1 is 1.11 bits per heavy atom. The number of rotatable bonds is 3. The summed E-state index contributed by atoms with van der Waals surface area (Å²) in [6, 6.07) is 8.22. The van der Waals surface area contributed by atoms with Crippen molar-refractivity contribution in [2.45, 2.75) is 0 Å². The summed E-state index contributed by atoms with van der Waals surface area (Å²) in [7, 11) is 3.75. The van der Waals surface area contributed by atoms with E-state index in [-0.39, 0.29) is 0 Å². The first-order valence-electron chi connectivity index (χ1n) is 5.89. The molecule has 19 heavy (non-hydrogen) atoms. The molecule has 0 unspecified atom stereocenters. The third-order valence-electron chi connectivity index (χ3n) is 2.60. The second kappa shape index (κ2) is 4.61. The number of oxazole rings is 2. The van der Waals surface area contributed by atoms with Gasteiger partial charge < -0.3 is 13.7 Å². The van der Waals surface area contributed by atoms with Crippen LogP contribution in [0.5, 0.6) is 0 Å². The number of fused-ring (bicyclic) bond motifs is 1. The Hall–Kier alpha value is -2.56. The van der Waals surface area contributed by atoms with E-state index < -0.39 is 0 Å². The van der Waals surface area contributed by atoms with E-state index in [4.69, 9.17) is 8.83 Å². The summed E-state index contributed by atoms with van der Waals surface area (Å²) in [4.78, 5) is 10.4. The quantitative estimate of drug-likeness (QED) is 0.720. The predicted octanol–water partition coefficient (Wildman–Crippen LogP) is 3.05. The highest BCUT2D eigenvalue weighted by Gasteiger charge is 2.04. The summed E-state index contributed by atoms with van der Waals surface area (Å²) >= 11 is 0. The van der Waals surface area contributed by atoms with Crippen LogP contribution in [0.3, 0.4) is 0 Å². The lowest BCUT2D eigenvalue weighted by Crippen LogP contribution is -2.08. The Balaban J connectivity index is 1.84. The minimum absolute atomic E-state index is 0.551. The highest BCUT2D eigenvalue weighted by atomic mass is 16.4. The molecule has 0 fully saturated rings. The third kappa shape index (κ3) is 2.35. The maximum Gasteiger partial charge on any atom is 0.297 e. The smallest absolute Gasteiger partial charge is 0.297 e. The lowest BCUT2D eigenvalue weighted by molar-refractivity contribution is 0.556. The number of nitrogens with zero attached hydrogens (tertiary/aromatic N) is 3. The van der Waals surface area contributed by atoms with Gasteiger partial charge in [0.05, 0.1) is 0 Å². The number of hydrogen-bond acceptors (Lipinski definition) is 5. The lowest BCUT2D eigenvalue weighted by Gasteiger charge is -2.03. The van der Waals surface area contributed by atoms with Gasteiger partial charge in [0.1, 0.15) is 17.5 Å². The average Bonchev–Trinajstić information content (AvgIpc) is 3.02. The van der Waals surface area contributed by atoms with Gasteiger partial charge in [-0.3, -0.25) is 0 Å².